The molecule has 0 atom stereocenters. The Morgan fingerprint density at radius 1 is 1.19 bits per heavy atom. The number of nitrogens with one attached hydrogen (secondary N) is 1. The van der Waals surface area contributed by atoms with Gasteiger partial charge in [-0.25, -0.2) is 4.99 Å². The van der Waals surface area contributed by atoms with Gasteiger partial charge in [0.1, 0.15) is 12.4 Å². The van der Waals surface area contributed by atoms with Crippen molar-refractivity contribution < 1.29 is 14.2 Å². The quantitative estimate of drug-likeness (QED) is 0.283. The lowest BCUT2D eigenvalue weighted by atomic mass is 10.2. The van der Waals surface area contributed by atoms with Crippen molar-refractivity contribution >= 4 is 35.6 Å². The molecular formula is C20H24IN3O3. The fourth-order valence-electron chi connectivity index (χ4n) is 2.52. The molecule has 0 radical (unpaired) electrons. The van der Waals surface area contributed by atoms with E-state index in [-0.39, 0.29) is 24.0 Å². The molecule has 144 valence electrons. The van der Waals surface area contributed by atoms with E-state index in [0.717, 1.165) is 29.2 Å². The van der Waals surface area contributed by atoms with Gasteiger partial charge in [-0.05, 0) is 18.2 Å². The third-order valence-corrected chi connectivity index (χ3v) is 3.77. The number of hydrogen-bond acceptors (Lipinski definition) is 4. The first kappa shape index (κ1) is 20.9. The molecule has 2 aromatic carbocycles. The summed E-state index contributed by atoms with van der Waals surface area (Å²) in [5.74, 6) is 2.55. The van der Waals surface area contributed by atoms with Crippen LogP contribution in [0.15, 0.2) is 60.1 Å². The van der Waals surface area contributed by atoms with Crippen molar-refractivity contribution in [2.75, 3.05) is 25.1 Å². The molecule has 1 aliphatic heterocycles. The lowest BCUT2D eigenvalue weighted by Gasteiger charge is -2.11. The highest BCUT2D eigenvalue weighted by Crippen LogP contribution is 2.32. The van der Waals surface area contributed by atoms with Crippen molar-refractivity contribution in [2.24, 2.45) is 10.7 Å². The minimum atomic E-state index is 0. The summed E-state index contributed by atoms with van der Waals surface area (Å²) in [6, 6.07) is 13.4. The van der Waals surface area contributed by atoms with Crippen molar-refractivity contribution in [1.82, 2.24) is 0 Å². The summed E-state index contributed by atoms with van der Waals surface area (Å²) in [4.78, 5) is 4.39. The summed E-state index contributed by atoms with van der Waals surface area (Å²) >= 11 is 0. The van der Waals surface area contributed by atoms with Crippen LogP contribution in [0.25, 0.3) is 0 Å². The molecule has 0 fully saturated rings. The normalized spacial score (nSPS) is 13.1. The van der Waals surface area contributed by atoms with E-state index >= 15 is 0 Å². The first-order valence-electron chi connectivity index (χ1n) is 8.54. The van der Waals surface area contributed by atoms with Crippen LogP contribution in [0.3, 0.4) is 0 Å². The molecule has 0 bridgehead atoms. The summed E-state index contributed by atoms with van der Waals surface area (Å²) in [5, 5.41) is 3.08. The van der Waals surface area contributed by atoms with Crippen molar-refractivity contribution in [3.05, 3.63) is 60.7 Å². The van der Waals surface area contributed by atoms with Crippen molar-refractivity contribution in [3.8, 4) is 17.2 Å². The van der Waals surface area contributed by atoms with E-state index in [0.29, 0.717) is 38.1 Å². The minimum Gasteiger partial charge on any atom is -0.490 e. The van der Waals surface area contributed by atoms with Crippen LogP contribution in [-0.2, 0) is 6.54 Å². The summed E-state index contributed by atoms with van der Waals surface area (Å²) in [7, 11) is 0. The second-order valence-corrected chi connectivity index (χ2v) is 5.75. The van der Waals surface area contributed by atoms with Gasteiger partial charge in [0.15, 0.2) is 17.5 Å². The number of hydrogen-bond donors (Lipinski definition) is 2. The predicted octanol–water partition coefficient (Wildman–Crippen LogP) is 3.96. The molecule has 2 aromatic rings. The molecule has 27 heavy (non-hydrogen) atoms. The molecule has 0 saturated heterocycles. The number of anilines is 1. The van der Waals surface area contributed by atoms with Gasteiger partial charge in [-0.1, -0.05) is 30.9 Å². The number of halogens is 1. The highest BCUT2D eigenvalue weighted by Gasteiger charge is 2.11. The van der Waals surface area contributed by atoms with Gasteiger partial charge in [0.05, 0.1) is 19.8 Å². The van der Waals surface area contributed by atoms with Gasteiger partial charge in [-0.2, -0.15) is 0 Å². The van der Waals surface area contributed by atoms with Crippen LogP contribution in [0.1, 0.15) is 12.0 Å². The van der Waals surface area contributed by atoms with Gasteiger partial charge in [0.25, 0.3) is 0 Å². The Balaban J connectivity index is 0.00000261. The Bertz CT molecular complexity index is 796. The number of benzene rings is 2. The molecule has 0 aromatic heterocycles. The number of fused-ring (bicyclic) bond motifs is 1. The van der Waals surface area contributed by atoms with E-state index in [2.05, 4.69) is 16.9 Å². The SMILES string of the molecule is C=CCOc1ccccc1CN=C(N)Nc1ccc2c(c1)OCCCO2.I. The Morgan fingerprint density at radius 3 is 2.78 bits per heavy atom. The van der Waals surface area contributed by atoms with Crippen LogP contribution in [0, 0.1) is 0 Å². The number of ether oxygens (including phenoxy) is 3. The molecule has 0 aliphatic carbocycles. The van der Waals surface area contributed by atoms with Gasteiger partial charge in [-0.15, -0.1) is 24.0 Å². The van der Waals surface area contributed by atoms with Crippen LogP contribution in [0.2, 0.25) is 0 Å². The maximum absolute atomic E-state index is 6.02. The number of para-hydroxylation sites is 1. The maximum atomic E-state index is 6.02. The molecule has 0 spiro atoms. The molecule has 0 saturated carbocycles. The van der Waals surface area contributed by atoms with E-state index in [9.17, 15) is 0 Å². The second-order valence-electron chi connectivity index (χ2n) is 5.75. The highest BCUT2D eigenvalue weighted by atomic mass is 127. The minimum absolute atomic E-state index is 0. The number of aliphatic imine (C=N–C) groups is 1. The summed E-state index contributed by atoms with van der Waals surface area (Å²) in [6.45, 7) is 5.83. The van der Waals surface area contributed by atoms with Gasteiger partial charge >= 0.3 is 0 Å². The standard InChI is InChI=1S/C20H23N3O3.HI/c1-2-10-24-17-7-4-3-6-15(17)14-22-20(21)23-16-8-9-18-19(13-16)26-12-5-11-25-18;/h2-4,6-9,13H,1,5,10-12,14H2,(H3,21,22,23);1H. The molecule has 6 nitrogen and oxygen atoms in total. The molecular weight excluding hydrogens is 457 g/mol. The second kappa shape index (κ2) is 10.7. The summed E-state index contributed by atoms with van der Waals surface area (Å²) in [5.41, 5.74) is 7.77. The van der Waals surface area contributed by atoms with E-state index in [4.69, 9.17) is 19.9 Å². The largest absolute Gasteiger partial charge is 0.490 e. The maximum Gasteiger partial charge on any atom is 0.193 e. The fourth-order valence-corrected chi connectivity index (χ4v) is 2.52. The zero-order valence-corrected chi connectivity index (χ0v) is 17.3. The van der Waals surface area contributed by atoms with Gasteiger partial charge in [0, 0.05) is 23.7 Å². The zero-order valence-electron chi connectivity index (χ0n) is 15.0. The molecule has 7 heteroatoms. The molecule has 0 amide bonds. The monoisotopic (exact) mass is 481 g/mol. The van der Waals surface area contributed by atoms with Crippen molar-refractivity contribution in [3.63, 3.8) is 0 Å². The van der Waals surface area contributed by atoms with E-state index < -0.39 is 0 Å². The number of guanidine groups is 1. The number of nitrogens with two attached hydrogens (primary N) is 1. The first-order chi connectivity index (χ1) is 12.8. The van der Waals surface area contributed by atoms with Crippen LogP contribution in [0.5, 0.6) is 17.2 Å². The van der Waals surface area contributed by atoms with Crippen LogP contribution in [-0.4, -0.2) is 25.8 Å². The van der Waals surface area contributed by atoms with Crippen LogP contribution >= 0.6 is 24.0 Å². The topological polar surface area (TPSA) is 78.1 Å². The first-order valence-corrected chi connectivity index (χ1v) is 8.54. The third-order valence-electron chi connectivity index (χ3n) is 3.77. The van der Waals surface area contributed by atoms with E-state index in [1.54, 1.807) is 6.08 Å². The van der Waals surface area contributed by atoms with Crippen LogP contribution < -0.4 is 25.3 Å². The Kier molecular flexibility index (Phi) is 8.25. The van der Waals surface area contributed by atoms with Crippen molar-refractivity contribution in [1.29, 1.82) is 0 Å². The lowest BCUT2D eigenvalue weighted by Crippen LogP contribution is -2.22. The smallest absolute Gasteiger partial charge is 0.193 e. The molecule has 1 heterocycles. The van der Waals surface area contributed by atoms with Gasteiger partial charge in [0.2, 0.25) is 0 Å². The fraction of sp³-hybridized carbons (Fsp3) is 0.250. The highest BCUT2D eigenvalue weighted by molar-refractivity contribution is 14.0. The lowest BCUT2D eigenvalue weighted by molar-refractivity contribution is 0.297. The Hall–Kier alpha value is -2.42. The average molecular weight is 481 g/mol. The van der Waals surface area contributed by atoms with Crippen LogP contribution in [0.4, 0.5) is 5.69 Å². The Morgan fingerprint density at radius 2 is 1.96 bits per heavy atom. The predicted molar refractivity (Wildman–Crippen MR) is 119 cm³/mol. The molecule has 3 N–H and O–H groups in total. The molecule has 3 rings (SSSR count). The average Bonchev–Trinajstić information content (AvgIpc) is 2.90. The summed E-state index contributed by atoms with van der Waals surface area (Å²) in [6.07, 6.45) is 2.58. The van der Waals surface area contributed by atoms with Crippen molar-refractivity contribution in [2.45, 2.75) is 13.0 Å². The van der Waals surface area contributed by atoms with Gasteiger partial charge in [-0.3, -0.25) is 0 Å². The van der Waals surface area contributed by atoms with E-state index in [1.165, 1.54) is 0 Å². The third kappa shape index (κ3) is 6.06. The number of rotatable bonds is 6. The summed E-state index contributed by atoms with van der Waals surface area (Å²) < 4.78 is 16.9. The molecule has 0 unspecified atom stereocenters. The zero-order chi connectivity index (χ0) is 18.2. The number of nitrogens with zero attached hydrogens (tertiary/aromatic N) is 1. The van der Waals surface area contributed by atoms with E-state index in [1.807, 2.05) is 42.5 Å². The molecule has 1 aliphatic rings. The Labute approximate surface area is 176 Å². The van der Waals surface area contributed by atoms with Gasteiger partial charge < -0.3 is 25.3 Å².